The lowest BCUT2D eigenvalue weighted by atomic mass is 10.0. The molecule has 1 rings (SSSR count). The van der Waals surface area contributed by atoms with Gasteiger partial charge in [-0.3, -0.25) is 4.79 Å². The maximum atomic E-state index is 12.0. The molecule has 1 aromatic rings. The molecule has 19 heavy (non-hydrogen) atoms. The van der Waals surface area contributed by atoms with Crippen molar-refractivity contribution in [2.24, 2.45) is 5.73 Å². The molecule has 4 heteroatoms. The molecule has 0 aliphatic heterocycles. The molecule has 0 aliphatic carbocycles. The van der Waals surface area contributed by atoms with Crippen molar-refractivity contribution in [3.63, 3.8) is 0 Å². The first-order valence-electron chi connectivity index (χ1n) is 6.76. The number of nitrogens with two attached hydrogens (primary N) is 1. The number of amides is 1. The number of hydrogen-bond donors (Lipinski definition) is 2. The van der Waals surface area contributed by atoms with Crippen LogP contribution >= 0.6 is 0 Å². The molecule has 0 aliphatic rings. The van der Waals surface area contributed by atoms with Crippen LogP contribution in [0.2, 0.25) is 0 Å². The first-order chi connectivity index (χ1) is 9.21. The van der Waals surface area contributed by atoms with Crippen LogP contribution in [0.1, 0.15) is 30.9 Å². The van der Waals surface area contributed by atoms with Crippen molar-refractivity contribution in [2.45, 2.75) is 38.8 Å². The van der Waals surface area contributed by atoms with Gasteiger partial charge in [-0.1, -0.05) is 37.6 Å². The van der Waals surface area contributed by atoms with E-state index in [9.17, 15) is 4.79 Å². The van der Waals surface area contributed by atoms with Gasteiger partial charge in [-0.05, 0) is 17.5 Å². The van der Waals surface area contributed by atoms with E-state index in [-0.39, 0.29) is 11.9 Å². The van der Waals surface area contributed by atoms with E-state index in [2.05, 4.69) is 12.2 Å². The second kappa shape index (κ2) is 8.67. The van der Waals surface area contributed by atoms with Crippen LogP contribution in [0, 0.1) is 0 Å². The van der Waals surface area contributed by atoms with Crippen molar-refractivity contribution < 1.29 is 9.53 Å². The molecule has 1 atom stereocenters. The van der Waals surface area contributed by atoms with E-state index >= 15 is 0 Å². The van der Waals surface area contributed by atoms with Gasteiger partial charge in [-0.25, -0.2) is 0 Å². The molecule has 0 radical (unpaired) electrons. The summed E-state index contributed by atoms with van der Waals surface area (Å²) in [5.74, 6) is 0.0244. The molecule has 0 heterocycles. The minimum Gasteiger partial charge on any atom is -0.383 e. The van der Waals surface area contributed by atoms with E-state index in [0.29, 0.717) is 19.6 Å². The van der Waals surface area contributed by atoms with Crippen LogP contribution in [0.4, 0.5) is 0 Å². The third-order valence-electron chi connectivity index (χ3n) is 3.06. The summed E-state index contributed by atoms with van der Waals surface area (Å²) >= 11 is 0. The molecule has 0 saturated heterocycles. The summed E-state index contributed by atoms with van der Waals surface area (Å²) in [4.78, 5) is 12.0. The second-order valence-electron chi connectivity index (χ2n) is 4.66. The van der Waals surface area contributed by atoms with Crippen LogP contribution in [0.25, 0.3) is 0 Å². The Morgan fingerprint density at radius 2 is 2.05 bits per heavy atom. The lowest BCUT2D eigenvalue weighted by molar-refractivity contribution is -0.121. The predicted octanol–water partition coefficient (Wildman–Crippen LogP) is 1.62. The van der Waals surface area contributed by atoms with Gasteiger partial charge in [-0.15, -0.1) is 0 Å². The monoisotopic (exact) mass is 264 g/mol. The average molecular weight is 264 g/mol. The molecule has 0 spiro atoms. The Labute approximate surface area is 115 Å². The molecule has 0 bridgehead atoms. The molecular weight excluding hydrogens is 240 g/mol. The minimum atomic E-state index is 0.0244. The molecule has 0 aromatic heterocycles. The van der Waals surface area contributed by atoms with Gasteiger partial charge in [0.25, 0.3) is 0 Å². The molecule has 1 unspecified atom stereocenters. The van der Waals surface area contributed by atoms with Gasteiger partial charge in [0.2, 0.25) is 5.91 Å². The van der Waals surface area contributed by atoms with Gasteiger partial charge >= 0.3 is 0 Å². The molecule has 106 valence electrons. The topological polar surface area (TPSA) is 64.3 Å². The Bertz CT molecular complexity index is 387. The first kappa shape index (κ1) is 15.7. The maximum absolute atomic E-state index is 12.0. The lowest BCUT2D eigenvalue weighted by Gasteiger charge is -2.17. The van der Waals surface area contributed by atoms with E-state index in [0.717, 1.165) is 24.0 Å². The van der Waals surface area contributed by atoms with Crippen molar-refractivity contribution in [3.8, 4) is 0 Å². The molecule has 3 N–H and O–H groups in total. The van der Waals surface area contributed by atoms with E-state index in [1.165, 1.54) is 0 Å². The normalized spacial score (nSPS) is 12.2. The SMILES string of the molecule is CCCC(COC)NC(=O)Cc1ccccc1CN. The zero-order chi connectivity index (χ0) is 14.1. The summed E-state index contributed by atoms with van der Waals surface area (Å²) in [5.41, 5.74) is 7.69. The quantitative estimate of drug-likeness (QED) is 0.750. The number of methoxy groups -OCH3 is 1. The van der Waals surface area contributed by atoms with Gasteiger partial charge in [0, 0.05) is 13.7 Å². The Balaban J connectivity index is 2.58. The lowest BCUT2D eigenvalue weighted by Crippen LogP contribution is -2.38. The molecule has 4 nitrogen and oxygen atoms in total. The van der Waals surface area contributed by atoms with Crippen LogP contribution in [-0.2, 0) is 22.5 Å². The molecular formula is C15H24N2O2. The minimum absolute atomic E-state index is 0.0244. The summed E-state index contributed by atoms with van der Waals surface area (Å²) in [6.07, 6.45) is 2.32. The highest BCUT2D eigenvalue weighted by atomic mass is 16.5. The summed E-state index contributed by atoms with van der Waals surface area (Å²) < 4.78 is 5.12. The zero-order valence-corrected chi connectivity index (χ0v) is 11.8. The van der Waals surface area contributed by atoms with Crippen LogP contribution in [0.15, 0.2) is 24.3 Å². The zero-order valence-electron chi connectivity index (χ0n) is 11.8. The van der Waals surface area contributed by atoms with Crippen molar-refractivity contribution in [1.82, 2.24) is 5.32 Å². The smallest absolute Gasteiger partial charge is 0.224 e. The number of carbonyl (C=O) groups is 1. The highest BCUT2D eigenvalue weighted by Crippen LogP contribution is 2.09. The number of hydrogen-bond acceptors (Lipinski definition) is 3. The van der Waals surface area contributed by atoms with Gasteiger partial charge in [0.15, 0.2) is 0 Å². The standard InChI is InChI=1S/C15H24N2O2/c1-3-6-14(11-19-2)17-15(18)9-12-7-4-5-8-13(12)10-16/h4-5,7-8,14H,3,6,9-11,16H2,1-2H3,(H,17,18). The molecule has 1 aromatic carbocycles. The van der Waals surface area contributed by atoms with Gasteiger partial charge in [0.05, 0.1) is 19.1 Å². The predicted molar refractivity (Wildman–Crippen MR) is 76.8 cm³/mol. The van der Waals surface area contributed by atoms with Crippen LogP contribution in [0.3, 0.4) is 0 Å². The number of benzene rings is 1. The number of rotatable bonds is 8. The summed E-state index contributed by atoms with van der Waals surface area (Å²) in [5, 5.41) is 3.01. The van der Waals surface area contributed by atoms with Crippen molar-refractivity contribution in [3.05, 3.63) is 35.4 Å². The average Bonchev–Trinajstić information content (AvgIpc) is 2.40. The Morgan fingerprint density at radius 1 is 1.37 bits per heavy atom. The Kier molecular flexibility index (Phi) is 7.15. The van der Waals surface area contributed by atoms with Crippen LogP contribution in [0.5, 0.6) is 0 Å². The number of carbonyl (C=O) groups excluding carboxylic acids is 1. The van der Waals surface area contributed by atoms with E-state index in [1.807, 2.05) is 24.3 Å². The largest absolute Gasteiger partial charge is 0.383 e. The Morgan fingerprint density at radius 3 is 2.63 bits per heavy atom. The molecule has 0 saturated carbocycles. The van der Waals surface area contributed by atoms with Crippen LogP contribution < -0.4 is 11.1 Å². The van der Waals surface area contributed by atoms with E-state index in [4.69, 9.17) is 10.5 Å². The number of ether oxygens (including phenoxy) is 1. The maximum Gasteiger partial charge on any atom is 0.224 e. The van der Waals surface area contributed by atoms with Crippen molar-refractivity contribution >= 4 is 5.91 Å². The summed E-state index contributed by atoms with van der Waals surface area (Å²) in [6.45, 7) is 3.11. The summed E-state index contributed by atoms with van der Waals surface area (Å²) in [7, 11) is 1.65. The van der Waals surface area contributed by atoms with Gasteiger partial charge in [0.1, 0.15) is 0 Å². The van der Waals surface area contributed by atoms with Crippen LogP contribution in [-0.4, -0.2) is 25.7 Å². The highest BCUT2D eigenvalue weighted by molar-refractivity contribution is 5.79. The highest BCUT2D eigenvalue weighted by Gasteiger charge is 2.12. The number of nitrogens with one attached hydrogen (secondary N) is 1. The van der Waals surface area contributed by atoms with E-state index < -0.39 is 0 Å². The van der Waals surface area contributed by atoms with Crippen molar-refractivity contribution in [1.29, 1.82) is 0 Å². The third kappa shape index (κ3) is 5.41. The van der Waals surface area contributed by atoms with E-state index in [1.54, 1.807) is 7.11 Å². The second-order valence-corrected chi connectivity index (χ2v) is 4.66. The fourth-order valence-electron chi connectivity index (χ4n) is 2.13. The Hall–Kier alpha value is -1.39. The first-order valence-corrected chi connectivity index (χ1v) is 6.76. The molecule has 1 amide bonds. The summed E-state index contributed by atoms with van der Waals surface area (Å²) in [6, 6.07) is 7.87. The fraction of sp³-hybridized carbons (Fsp3) is 0.533. The van der Waals surface area contributed by atoms with Crippen molar-refractivity contribution in [2.75, 3.05) is 13.7 Å². The van der Waals surface area contributed by atoms with Gasteiger partial charge in [-0.2, -0.15) is 0 Å². The fourth-order valence-corrected chi connectivity index (χ4v) is 2.13. The molecule has 0 fully saturated rings. The van der Waals surface area contributed by atoms with Gasteiger partial charge < -0.3 is 15.8 Å². The third-order valence-corrected chi connectivity index (χ3v) is 3.06.